The van der Waals surface area contributed by atoms with Crippen molar-refractivity contribution in [2.24, 2.45) is 5.92 Å². The van der Waals surface area contributed by atoms with Crippen LogP contribution in [0.5, 0.6) is 11.5 Å². The first-order valence-electron chi connectivity index (χ1n) is 7.01. The highest BCUT2D eigenvalue weighted by atomic mass is 19.1. The molecule has 1 aromatic carbocycles. The first kappa shape index (κ1) is 12.7. The fourth-order valence-corrected chi connectivity index (χ4v) is 2.88. The van der Waals surface area contributed by atoms with Gasteiger partial charge in [0, 0.05) is 0 Å². The van der Waals surface area contributed by atoms with Gasteiger partial charge in [0.05, 0.1) is 0 Å². The van der Waals surface area contributed by atoms with Gasteiger partial charge in [-0.15, -0.1) is 0 Å². The molecule has 0 aliphatic carbocycles. The van der Waals surface area contributed by atoms with Crippen LogP contribution in [-0.2, 0) is 6.42 Å². The number of hydrogen-bond donors (Lipinski definition) is 1. The molecule has 2 aliphatic rings. The van der Waals surface area contributed by atoms with Gasteiger partial charge in [-0.2, -0.15) is 0 Å². The Morgan fingerprint density at radius 1 is 1.32 bits per heavy atom. The summed E-state index contributed by atoms with van der Waals surface area (Å²) < 4.78 is 24.5. The Bertz CT molecular complexity index is 456. The lowest BCUT2D eigenvalue weighted by atomic mass is 9.89. The van der Waals surface area contributed by atoms with Gasteiger partial charge in [0.15, 0.2) is 11.5 Å². The molecule has 1 atom stereocenters. The van der Waals surface area contributed by atoms with E-state index in [1.54, 1.807) is 13.0 Å². The molecule has 1 aromatic rings. The molecule has 1 saturated heterocycles. The van der Waals surface area contributed by atoms with E-state index in [0.29, 0.717) is 17.2 Å². The largest absolute Gasteiger partial charge is 0.454 e. The molecule has 1 N–H and O–H groups in total. The van der Waals surface area contributed by atoms with Crippen molar-refractivity contribution < 1.29 is 13.9 Å². The van der Waals surface area contributed by atoms with Gasteiger partial charge in [-0.05, 0) is 68.5 Å². The van der Waals surface area contributed by atoms with Gasteiger partial charge < -0.3 is 14.8 Å². The normalized spacial score (nSPS) is 20.5. The van der Waals surface area contributed by atoms with Gasteiger partial charge in [-0.3, -0.25) is 0 Å². The zero-order chi connectivity index (χ0) is 13.2. The van der Waals surface area contributed by atoms with Crippen molar-refractivity contribution in [2.45, 2.75) is 32.4 Å². The number of fused-ring (bicyclic) bond motifs is 1. The Morgan fingerprint density at radius 2 is 2.11 bits per heavy atom. The van der Waals surface area contributed by atoms with Crippen LogP contribution < -0.4 is 14.8 Å². The Morgan fingerprint density at radius 3 is 2.84 bits per heavy atom. The van der Waals surface area contributed by atoms with Crippen LogP contribution in [0.4, 0.5) is 4.39 Å². The van der Waals surface area contributed by atoms with E-state index in [4.69, 9.17) is 9.47 Å². The maximum atomic E-state index is 13.6. The van der Waals surface area contributed by atoms with Crippen molar-refractivity contribution in [2.75, 3.05) is 19.9 Å². The Kier molecular flexibility index (Phi) is 3.60. The topological polar surface area (TPSA) is 30.5 Å². The SMILES string of the molecule is CC(F)c1cc(CC2CCNCC2)c2c(c1)OCO2. The van der Waals surface area contributed by atoms with Gasteiger partial charge in [0.2, 0.25) is 6.79 Å². The monoisotopic (exact) mass is 265 g/mol. The lowest BCUT2D eigenvalue weighted by Gasteiger charge is -2.23. The summed E-state index contributed by atoms with van der Waals surface area (Å²) in [5.74, 6) is 2.17. The molecular formula is C15H20FNO2. The van der Waals surface area contributed by atoms with E-state index in [0.717, 1.165) is 30.8 Å². The minimum absolute atomic E-state index is 0.249. The fourth-order valence-electron chi connectivity index (χ4n) is 2.88. The van der Waals surface area contributed by atoms with E-state index >= 15 is 0 Å². The number of benzene rings is 1. The minimum Gasteiger partial charge on any atom is -0.454 e. The molecule has 0 bridgehead atoms. The molecule has 3 rings (SSSR count). The molecule has 104 valence electrons. The Balaban J connectivity index is 1.86. The predicted molar refractivity (Wildman–Crippen MR) is 71.4 cm³/mol. The molecule has 0 saturated carbocycles. The Labute approximate surface area is 113 Å². The number of alkyl halides is 1. The van der Waals surface area contributed by atoms with Crippen LogP contribution in [-0.4, -0.2) is 19.9 Å². The van der Waals surface area contributed by atoms with E-state index in [2.05, 4.69) is 5.32 Å². The van der Waals surface area contributed by atoms with Crippen molar-refractivity contribution >= 4 is 0 Å². The average Bonchev–Trinajstić information content (AvgIpc) is 2.88. The quantitative estimate of drug-likeness (QED) is 0.911. The summed E-state index contributed by atoms with van der Waals surface area (Å²) in [6.07, 6.45) is 2.32. The van der Waals surface area contributed by atoms with E-state index in [1.165, 1.54) is 12.8 Å². The van der Waals surface area contributed by atoms with E-state index < -0.39 is 6.17 Å². The number of halogens is 1. The van der Waals surface area contributed by atoms with E-state index in [-0.39, 0.29) is 6.79 Å². The minimum atomic E-state index is -0.971. The van der Waals surface area contributed by atoms with E-state index in [9.17, 15) is 4.39 Å². The van der Waals surface area contributed by atoms with Crippen molar-refractivity contribution in [1.82, 2.24) is 5.32 Å². The summed E-state index contributed by atoms with van der Waals surface area (Å²) in [6, 6.07) is 3.71. The van der Waals surface area contributed by atoms with Crippen molar-refractivity contribution in [3.8, 4) is 11.5 Å². The van der Waals surface area contributed by atoms with Gasteiger partial charge in [-0.25, -0.2) is 4.39 Å². The molecule has 4 heteroatoms. The van der Waals surface area contributed by atoms with Crippen LogP contribution in [0.15, 0.2) is 12.1 Å². The molecule has 2 aliphatic heterocycles. The number of nitrogens with one attached hydrogen (secondary N) is 1. The number of rotatable bonds is 3. The highest BCUT2D eigenvalue weighted by Gasteiger charge is 2.23. The second-order valence-corrected chi connectivity index (χ2v) is 5.43. The second-order valence-electron chi connectivity index (χ2n) is 5.43. The van der Waals surface area contributed by atoms with Gasteiger partial charge in [0.1, 0.15) is 6.17 Å². The van der Waals surface area contributed by atoms with Crippen LogP contribution in [0.2, 0.25) is 0 Å². The molecule has 19 heavy (non-hydrogen) atoms. The summed E-state index contributed by atoms with van der Waals surface area (Å²) >= 11 is 0. The standard InChI is InChI=1S/C15H20FNO2/c1-10(16)12-7-13(6-11-2-4-17-5-3-11)15-14(8-12)18-9-19-15/h7-8,10-11,17H,2-6,9H2,1H3. The van der Waals surface area contributed by atoms with Crippen LogP contribution in [0.25, 0.3) is 0 Å². The first-order chi connectivity index (χ1) is 9.24. The van der Waals surface area contributed by atoms with Crippen LogP contribution in [0.3, 0.4) is 0 Å². The van der Waals surface area contributed by atoms with Crippen LogP contribution in [0, 0.1) is 5.92 Å². The van der Waals surface area contributed by atoms with Crippen LogP contribution in [0.1, 0.15) is 37.1 Å². The molecule has 0 radical (unpaired) electrons. The third-order valence-corrected chi connectivity index (χ3v) is 4.00. The Hall–Kier alpha value is -1.29. The van der Waals surface area contributed by atoms with Crippen molar-refractivity contribution in [3.05, 3.63) is 23.3 Å². The van der Waals surface area contributed by atoms with Crippen LogP contribution >= 0.6 is 0 Å². The average molecular weight is 265 g/mol. The lowest BCUT2D eigenvalue weighted by molar-refractivity contribution is 0.173. The van der Waals surface area contributed by atoms with Crippen molar-refractivity contribution in [1.29, 1.82) is 0 Å². The first-order valence-corrected chi connectivity index (χ1v) is 7.01. The molecule has 0 spiro atoms. The summed E-state index contributed by atoms with van der Waals surface area (Å²) in [7, 11) is 0. The molecule has 1 fully saturated rings. The lowest BCUT2D eigenvalue weighted by Crippen LogP contribution is -2.28. The summed E-state index contributed by atoms with van der Waals surface area (Å²) in [6.45, 7) is 3.96. The maximum Gasteiger partial charge on any atom is 0.231 e. The highest BCUT2D eigenvalue weighted by molar-refractivity contribution is 5.51. The molecule has 3 nitrogen and oxygen atoms in total. The molecule has 1 unspecified atom stereocenters. The molecule has 2 heterocycles. The van der Waals surface area contributed by atoms with E-state index in [1.807, 2.05) is 6.07 Å². The number of piperidine rings is 1. The summed E-state index contributed by atoms with van der Waals surface area (Å²) in [5, 5.41) is 3.37. The fraction of sp³-hybridized carbons (Fsp3) is 0.600. The molecule has 0 amide bonds. The maximum absolute atomic E-state index is 13.6. The van der Waals surface area contributed by atoms with Crippen molar-refractivity contribution in [3.63, 3.8) is 0 Å². The highest BCUT2D eigenvalue weighted by Crippen LogP contribution is 2.40. The third kappa shape index (κ3) is 2.68. The zero-order valence-corrected chi connectivity index (χ0v) is 11.2. The number of ether oxygens (including phenoxy) is 2. The van der Waals surface area contributed by atoms with Gasteiger partial charge in [0.25, 0.3) is 0 Å². The van der Waals surface area contributed by atoms with Gasteiger partial charge >= 0.3 is 0 Å². The second kappa shape index (κ2) is 5.37. The molecule has 0 aromatic heterocycles. The molecular weight excluding hydrogens is 245 g/mol. The van der Waals surface area contributed by atoms with Gasteiger partial charge in [-0.1, -0.05) is 0 Å². The predicted octanol–water partition coefficient (Wildman–Crippen LogP) is 2.99. The zero-order valence-electron chi connectivity index (χ0n) is 11.2. The third-order valence-electron chi connectivity index (χ3n) is 4.00. The summed E-state index contributed by atoms with van der Waals surface area (Å²) in [4.78, 5) is 0. The smallest absolute Gasteiger partial charge is 0.231 e. The summed E-state index contributed by atoms with van der Waals surface area (Å²) in [5.41, 5.74) is 1.79. The number of hydrogen-bond acceptors (Lipinski definition) is 3.